The molecule has 0 aromatic heterocycles. The van der Waals surface area contributed by atoms with Crippen LogP contribution in [0.15, 0.2) is 48.5 Å². The molecule has 1 aliphatic rings. The molecule has 0 bridgehead atoms. The molecular weight excluding hydrogens is 440 g/mol. The number of carboxylic acid groups (broad SMARTS) is 1. The van der Waals surface area contributed by atoms with Crippen molar-refractivity contribution in [2.75, 3.05) is 26.9 Å². The van der Waals surface area contributed by atoms with Crippen LogP contribution in [-0.4, -0.2) is 66.7 Å². The summed E-state index contributed by atoms with van der Waals surface area (Å²) in [6.45, 7) is 1.33. The molecule has 0 aliphatic heterocycles. The number of aliphatic carboxylic acids is 1. The highest BCUT2D eigenvalue weighted by Gasteiger charge is 2.30. The number of aliphatic hydroxyl groups is 1. The molecule has 2 amide bonds. The zero-order valence-electron chi connectivity index (χ0n) is 19.2. The maximum atomic E-state index is 12.6. The topological polar surface area (TPSA) is 134 Å². The van der Waals surface area contributed by atoms with Gasteiger partial charge in [0, 0.05) is 26.0 Å². The monoisotopic (exact) mass is 470 g/mol. The number of rotatable bonds is 11. The van der Waals surface area contributed by atoms with E-state index in [1.165, 1.54) is 7.11 Å². The predicted octanol–water partition coefficient (Wildman–Crippen LogP) is 2.27. The lowest BCUT2D eigenvalue weighted by atomic mass is 9.98. The van der Waals surface area contributed by atoms with Crippen molar-refractivity contribution in [1.29, 1.82) is 0 Å². The van der Waals surface area contributed by atoms with E-state index in [1.807, 2.05) is 48.5 Å². The summed E-state index contributed by atoms with van der Waals surface area (Å²) in [7, 11) is 1.40. The van der Waals surface area contributed by atoms with Gasteiger partial charge in [-0.2, -0.15) is 0 Å². The highest BCUT2D eigenvalue weighted by molar-refractivity contribution is 5.86. The fourth-order valence-corrected chi connectivity index (χ4v) is 3.91. The molecule has 0 spiro atoms. The number of hydrogen-bond donors (Lipinski definition) is 4. The fourth-order valence-electron chi connectivity index (χ4n) is 3.91. The summed E-state index contributed by atoms with van der Waals surface area (Å²) in [5.41, 5.74) is 3.29. The molecule has 9 heteroatoms. The van der Waals surface area contributed by atoms with Gasteiger partial charge in [0.1, 0.15) is 18.2 Å². The zero-order valence-corrected chi connectivity index (χ0v) is 19.2. The molecular formula is C25H30N2O7. The molecule has 2 atom stereocenters. The van der Waals surface area contributed by atoms with Crippen molar-refractivity contribution >= 4 is 18.0 Å². The number of carbonyl (C=O) groups excluding carboxylic acids is 2. The van der Waals surface area contributed by atoms with Crippen molar-refractivity contribution in [3.63, 3.8) is 0 Å². The lowest BCUT2D eigenvalue weighted by Gasteiger charge is -2.27. The van der Waals surface area contributed by atoms with Crippen LogP contribution >= 0.6 is 0 Å². The third kappa shape index (κ3) is 5.92. The Morgan fingerprint density at radius 1 is 1.06 bits per heavy atom. The molecule has 9 nitrogen and oxygen atoms in total. The standard InChI is InChI=1S/C25H30N2O7/c1-25(15-28,33-2)14-26-23(31)21(11-12-22(29)30)27-24(32)34-13-20-18-9-5-3-7-16(18)17-8-4-6-10-19(17)20/h3-10,20-21,28H,11-15H2,1-2H3,(H,26,31)(H,27,32)(H,29,30). The number of nitrogens with one attached hydrogen (secondary N) is 2. The van der Waals surface area contributed by atoms with E-state index in [-0.39, 0.29) is 38.5 Å². The lowest BCUT2D eigenvalue weighted by Crippen LogP contribution is -2.52. The SMILES string of the molecule is COC(C)(CO)CNC(=O)C(CCC(=O)O)NC(=O)OCC1c2ccccc2-c2ccccc21. The normalized spacial score (nSPS) is 14.9. The first kappa shape index (κ1) is 25.2. The Balaban J connectivity index is 1.64. The number of aliphatic hydroxyl groups excluding tert-OH is 1. The van der Waals surface area contributed by atoms with Crippen molar-refractivity contribution < 1.29 is 34.1 Å². The first-order chi connectivity index (χ1) is 16.3. The van der Waals surface area contributed by atoms with E-state index in [2.05, 4.69) is 10.6 Å². The van der Waals surface area contributed by atoms with Gasteiger partial charge < -0.3 is 30.3 Å². The van der Waals surface area contributed by atoms with Gasteiger partial charge in [0.15, 0.2) is 0 Å². The number of methoxy groups -OCH3 is 1. The Labute approximate surface area is 198 Å². The van der Waals surface area contributed by atoms with Crippen LogP contribution in [0.4, 0.5) is 4.79 Å². The van der Waals surface area contributed by atoms with Crippen LogP contribution in [0.5, 0.6) is 0 Å². The minimum atomic E-state index is -1.12. The first-order valence-electron chi connectivity index (χ1n) is 11.0. The third-order valence-corrected chi connectivity index (χ3v) is 6.06. The van der Waals surface area contributed by atoms with Crippen molar-refractivity contribution in [2.45, 2.75) is 37.3 Å². The number of benzene rings is 2. The average molecular weight is 471 g/mol. The van der Waals surface area contributed by atoms with Crippen LogP contribution in [-0.2, 0) is 19.1 Å². The van der Waals surface area contributed by atoms with Crippen LogP contribution in [0, 0.1) is 0 Å². The molecule has 0 fully saturated rings. The third-order valence-electron chi connectivity index (χ3n) is 6.06. The molecule has 34 heavy (non-hydrogen) atoms. The largest absolute Gasteiger partial charge is 0.481 e. The molecule has 3 rings (SSSR count). The highest BCUT2D eigenvalue weighted by Crippen LogP contribution is 2.44. The molecule has 2 unspecified atom stereocenters. The minimum Gasteiger partial charge on any atom is -0.481 e. The molecule has 0 heterocycles. The number of ether oxygens (including phenoxy) is 2. The second-order valence-electron chi connectivity index (χ2n) is 8.48. The molecule has 2 aromatic carbocycles. The maximum absolute atomic E-state index is 12.6. The molecule has 1 aliphatic carbocycles. The first-order valence-corrected chi connectivity index (χ1v) is 11.0. The number of hydrogen-bond acceptors (Lipinski definition) is 6. The number of amides is 2. The summed E-state index contributed by atoms with van der Waals surface area (Å²) in [5, 5.41) is 23.5. The van der Waals surface area contributed by atoms with E-state index in [9.17, 15) is 19.5 Å². The zero-order chi connectivity index (χ0) is 24.7. The number of fused-ring (bicyclic) bond motifs is 3. The van der Waals surface area contributed by atoms with Gasteiger partial charge in [-0.15, -0.1) is 0 Å². The Morgan fingerprint density at radius 2 is 1.65 bits per heavy atom. The maximum Gasteiger partial charge on any atom is 0.407 e. The van der Waals surface area contributed by atoms with Crippen molar-refractivity contribution in [3.8, 4) is 11.1 Å². The van der Waals surface area contributed by atoms with Gasteiger partial charge in [0.2, 0.25) is 5.91 Å². The molecule has 0 saturated heterocycles. The van der Waals surface area contributed by atoms with Gasteiger partial charge in [-0.1, -0.05) is 48.5 Å². The summed E-state index contributed by atoms with van der Waals surface area (Å²) in [6, 6.07) is 14.7. The molecule has 0 radical (unpaired) electrons. The number of alkyl carbamates (subject to hydrolysis) is 1. The second-order valence-corrected chi connectivity index (χ2v) is 8.48. The quantitative estimate of drug-likeness (QED) is 0.396. The van der Waals surface area contributed by atoms with Crippen molar-refractivity contribution in [1.82, 2.24) is 10.6 Å². The summed E-state index contributed by atoms with van der Waals surface area (Å²) >= 11 is 0. The van der Waals surface area contributed by atoms with Crippen LogP contribution in [0.1, 0.15) is 36.8 Å². The summed E-state index contributed by atoms with van der Waals surface area (Å²) < 4.78 is 10.7. The lowest BCUT2D eigenvalue weighted by molar-refractivity contribution is -0.137. The van der Waals surface area contributed by atoms with Gasteiger partial charge in [-0.05, 0) is 35.6 Å². The smallest absolute Gasteiger partial charge is 0.407 e. The van der Waals surface area contributed by atoms with Gasteiger partial charge in [0.05, 0.1) is 6.61 Å². The summed E-state index contributed by atoms with van der Waals surface area (Å²) in [6.07, 6.45) is -1.25. The van der Waals surface area contributed by atoms with Gasteiger partial charge in [0.25, 0.3) is 0 Å². The van der Waals surface area contributed by atoms with Gasteiger partial charge in [-0.3, -0.25) is 9.59 Å². The van der Waals surface area contributed by atoms with E-state index in [4.69, 9.17) is 14.6 Å². The van der Waals surface area contributed by atoms with E-state index < -0.39 is 29.6 Å². The minimum absolute atomic E-state index is 0.0191. The van der Waals surface area contributed by atoms with E-state index in [0.717, 1.165) is 22.3 Å². The number of carboxylic acids is 1. The van der Waals surface area contributed by atoms with Crippen molar-refractivity contribution in [3.05, 3.63) is 59.7 Å². The van der Waals surface area contributed by atoms with Crippen LogP contribution in [0.3, 0.4) is 0 Å². The van der Waals surface area contributed by atoms with Gasteiger partial charge >= 0.3 is 12.1 Å². The second kappa shape index (κ2) is 11.1. The Bertz CT molecular complexity index is 990. The van der Waals surface area contributed by atoms with Crippen molar-refractivity contribution in [2.24, 2.45) is 0 Å². The van der Waals surface area contributed by atoms with Gasteiger partial charge in [-0.25, -0.2) is 4.79 Å². The molecule has 0 saturated carbocycles. The van der Waals surface area contributed by atoms with Crippen LogP contribution < -0.4 is 10.6 Å². The molecule has 2 aromatic rings. The molecule has 182 valence electrons. The van der Waals surface area contributed by atoms with E-state index >= 15 is 0 Å². The fraction of sp³-hybridized carbons (Fsp3) is 0.400. The highest BCUT2D eigenvalue weighted by atomic mass is 16.5. The summed E-state index contributed by atoms with van der Waals surface area (Å²) in [5.74, 6) is -1.83. The van der Waals surface area contributed by atoms with Crippen LogP contribution in [0.25, 0.3) is 11.1 Å². The predicted molar refractivity (Wildman–Crippen MR) is 124 cm³/mol. The Morgan fingerprint density at radius 3 is 2.18 bits per heavy atom. The molecule has 4 N–H and O–H groups in total. The average Bonchev–Trinajstić information content (AvgIpc) is 3.17. The van der Waals surface area contributed by atoms with E-state index in [0.29, 0.717) is 0 Å². The van der Waals surface area contributed by atoms with Crippen LogP contribution in [0.2, 0.25) is 0 Å². The summed E-state index contributed by atoms with van der Waals surface area (Å²) in [4.78, 5) is 36.2. The Hall–Kier alpha value is -3.43. The van der Waals surface area contributed by atoms with E-state index in [1.54, 1.807) is 6.92 Å². The number of carbonyl (C=O) groups is 3. The Kier molecular flexibility index (Phi) is 8.25.